The third-order valence-corrected chi connectivity index (χ3v) is 2.99. The Morgan fingerprint density at radius 2 is 1.95 bits per heavy atom. The lowest BCUT2D eigenvalue weighted by atomic mass is 10.1. The van der Waals surface area contributed by atoms with Crippen molar-refractivity contribution >= 4 is 11.9 Å². The van der Waals surface area contributed by atoms with Crippen LogP contribution in [0.5, 0.6) is 0 Å². The first-order valence-electron chi connectivity index (χ1n) is 6.90. The van der Waals surface area contributed by atoms with E-state index in [0.717, 1.165) is 5.56 Å². The molecule has 0 heterocycles. The summed E-state index contributed by atoms with van der Waals surface area (Å²) < 4.78 is 4.96. The van der Waals surface area contributed by atoms with E-state index in [0.29, 0.717) is 6.42 Å². The summed E-state index contributed by atoms with van der Waals surface area (Å²) in [5.74, 6) is -1.11. The minimum Gasteiger partial charge on any atom is -0.464 e. The van der Waals surface area contributed by atoms with Gasteiger partial charge < -0.3 is 20.9 Å². The highest BCUT2D eigenvalue weighted by Gasteiger charge is 2.26. The van der Waals surface area contributed by atoms with Crippen LogP contribution in [0.4, 0.5) is 0 Å². The summed E-state index contributed by atoms with van der Waals surface area (Å²) in [5, 5.41) is 11.9. The van der Waals surface area contributed by atoms with Gasteiger partial charge in [0.1, 0.15) is 12.1 Å². The van der Waals surface area contributed by atoms with E-state index in [-0.39, 0.29) is 6.61 Å². The summed E-state index contributed by atoms with van der Waals surface area (Å²) in [6, 6.07) is 7.36. The molecule has 1 aromatic carbocycles. The van der Waals surface area contributed by atoms with E-state index in [1.54, 1.807) is 6.92 Å². The monoisotopic (exact) mass is 294 g/mol. The van der Waals surface area contributed by atoms with E-state index in [2.05, 4.69) is 5.32 Å². The number of ether oxygens (including phenoxy) is 1. The zero-order chi connectivity index (χ0) is 15.8. The number of aliphatic hydroxyl groups is 1. The number of hydrogen-bond donors (Lipinski definition) is 3. The third-order valence-electron chi connectivity index (χ3n) is 2.99. The highest BCUT2D eigenvalue weighted by Crippen LogP contribution is 2.05. The second kappa shape index (κ2) is 8.39. The van der Waals surface area contributed by atoms with E-state index in [1.807, 2.05) is 30.3 Å². The Morgan fingerprint density at radius 1 is 1.33 bits per heavy atom. The van der Waals surface area contributed by atoms with E-state index in [9.17, 15) is 14.7 Å². The van der Waals surface area contributed by atoms with Gasteiger partial charge in [-0.2, -0.15) is 0 Å². The Labute approximate surface area is 124 Å². The summed E-state index contributed by atoms with van der Waals surface area (Å²) in [6.07, 6.45) is -0.692. The average molecular weight is 294 g/mol. The van der Waals surface area contributed by atoms with Crippen LogP contribution in [0.25, 0.3) is 0 Å². The summed E-state index contributed by atoms with van der Waals surface area (Å²) in [4.78, 5) is 23.8. The lowest BCUT2D eigenvalue weighted by molar-refractivity contribution is -0.147. The van der Waals surface area contributed by atoms with Gasteiger partial charge in [-0.1, -0.05) is 30.3 Å². The molecule has 0 aliphatic heterocycles. The van der Waals surface area contributed by atoms with Gasteiger partial charge in [-0.3, -0.25) is 4.79 Å². The number of rotatable bonds is 7. The molecule has 1 aromatic rings. The molecule has 116 valence electrons. The van der Waals surface area contributed by atoms with Crippen molar-refractivity contribution in [2.24, 2.45) is 5.73 Å². The summed E-state index contributed by atoms with van der Waals surface area (Å²) in [7, 11) is 0. The first kappa shape index (κ1) is 17.1. The molecule has 1 rings (SSSR count). The fourth-order valence-corrected chi connectivity index (χ4v) is 1.77. The molecule has 4 N–H and O–H groups in total. The van der Waals surface area contributed by atoms with Gasteiger partial charge in [0.05, 0.1) is 12.7 Å². The number of carbonyl (C=O) groups is 2. The Balaban J connectivity index is 2.78. The smallest absolute Gasteiger partial charge is 0.328 e. The SMILES string of the molecule is CCOC(=O)[C@H](Cc1ccccc1)NC(=O)[C@@H](N)C(C)O. The van der Waals surface area contributed by atoms with Crippen LogP contribution in [0.2, 0.25) is 0 Å². The Hall–Kier alpha value is -1.92. The number of amides is 1. The molecule has 6 heteroatoms. The topological polar surface area (TPSA) is 102 Å². The molecule has 3 atom stereocenters. The summed E-state index contributed by atoms with van der Waals surface area (Å²) in [6.45, 7) is 3.34. The molecular weight excluding hydrogens is 272 g/mol. The first-order valence-corrected chi connectivity index (χ1v) is 6.90. The number of hydrogen-bond acceptors (Lipinski definition) is 5. The molecule has 0 bridgehead atoms. The predicted molar refractivity (Wildman–Crippen MR) is 78.4 cm³/mol. The van der Waals surface area contributed by atoms with Gasteiger partial charge in [0.2, 0.25) is 5.91 Å². The summed E-state index contributed by atoms with van der Waals surface area (Å²) >= 11 is 0. The number of esters is 1. The standard InChI is InChI=1S/C15H22N2O4/c1-3-21-15(20)12(9-11-7-5-4-6-8-11)17-14(19)13(16)10(2)18/h4-8,10,12-13,18H,3,9,16H2,1-2H3,(H,17,19)/t10?,12-,13-/m0/s1. The zero-order valence-electron chi connectivity index (χ0n) is 12.3. The van der Waals surface area contributed by atoms with Gasteiger partial charge >= 0.3 is 5.97 Å². The molecule has 0 aliphatic rings. The number of aliphatic hydroxyl groups excluding tert-OH is 1. The van der Waals surface area contributed by atoms with Crippen LogP contribution >= 0.6 is 0 Å². The van der Waals surface area contributed by atoms with Crippen molar-refractivity contribution in [3.8, 4) is 0 Å². The predicted octanol–water partition coefficient (Wildman–Crippen LogP) is -0.0149. The largest absolute Gasteiger partial charge is 0.464 e. The molecular formula is C15H22N2O4. The lowest BCUT2D eigenvalue weighted by Gasteiger charge is -2.21. The maximum Gasteiger partial charge on any atom is 0.328 e. The van der Waals surface area contributed by atoms with Crippen LogP contribution in [-0.4, -0.2) is 41.8 Å². The highest BCUT2D eigenvalue weighted by atomic mass is 16.5. The van der Waals surface area contributed by atoms with Crippen LogP contribution in [0.15, 0.2) is 30.3 Å². The van der Waals surface area contributed by atoms with Crippen molar-refractivity contribution in [3.63, 3.8) is 0 Å². The van der Waals surface area contributed by atoms with E-state index >= 15 is 0 Å². The molecule has 6 nitrogen and oxygen atoms in total. The number of nitrogens with one attached hydrogen (secondary N) is 1. The minimum atomic E-state index is -1.09. The van der Waals surface area contributed by atoms with Crippen molar-refractivity contribution < 1.29 is 19.4 Å². The maximum atomic E-state index is 11.9. The van der Waals surface area contributed by atoms with Crippen molar-refractivity contribution in [1.29, 1.82) is 0 Å². The van der Waals surface area contributed by atoms with Gasteiger partial charge in [-0.15, -0.1) is 0 Å². The molecule has 1 amide bonds. The molecule has 0 saturated carbocycles. The molecule has 0 aliphatic carbocycles. The minimum absolute atomic E-state index is 0.225. The molecule has 0 radical (unpaired) electrons. The number of benzene rings is 1. The van der Waals surface area contributed by atoms with E-state index in [1.165, 1.54) is 6.92 Å². The Kier molecular flexibility index (Phi) is 6.84. The van der Waals surface area contributed by atoms with Crippen molar-refractivity contribution in [3.05, 3.63) is 35.9 Å². The number of nitrogens with two attached hydrogens (primary N) is 1. The van der Waals surface area contributed by atoms with Gasteiger partial charge in [0.15, 0.2) is 0 Å². The van der Waals surface area contributed by atoms with Gasteiger partial charge in [0.25, 0.3) is 0 Å². The van der Waals surface area contributed by atoms with Crippen LogP contribution in [0, 0.1) is 0 Å². The molecule has 0 fully saturated rings. The number of carbonyl (C=O) groups excluding carboxylic acids is 2. The molecule has 0 saturated heterocycles. The van der Waals surface area contributed by atoms with Crippen LogP contribution < -0.4 is 11.1 Å². The lowest BCUT2D eigenvalue weighted by Crippen LogP contribution is -2.53. The molecule has 0 spiro atoms. The summed E-state index contributed by atoms with van der Waals surface area (Å²) in [5.41, 5.74) is 6.45. The van der Waals surface area contributed by atoms with Crippen LogP contribution in [-0.2, 0) is 20.7 Å². The van der Waals surface area contributed by atoms with E-state index < -0.39 is 30.1 Å². The highest BCUT2D eigenvalue weighted by molar-refractivity contribution is 5.87. The Bertz CT molecular complexity index is 462. The normalized spacial score (nSPS) is 14.9. The fourth-order valence-electron chi connectivity index (χ4n) is 1.77. The molecule has 21 heavy (non-hydrogen) atoms. The first-order chi connectivity index (χ1) is 9.95. The van der Waals surface area contributed by atoms with Gasteiger partial charge in [-0.25, -0.2) is 4.79 Å². The zero-order valence-corrected chi connectivity index (χ0v) is 12.3. The Morgan fingerprint density at radius 3 is 2.48 bits per heavy atom. The average Bonchev–Trinajstić information content (AvgIpc) is 2.46. The second-order valence-corrected chi connectivity index (χ2v) is 4.77. The van der Waals surface area contributed by atoms with Gasteiger partial charge in [0, 0.05) is 6.42 Å². The van der Waals surface area contributed by atoms with Crippen molar-refractivity contribution in [1.82, 2.24) is 5.32 Å². The van der Waals surface area contributed by atoms with E-state index in [4.69, 9.17) is 10.5 Å². The maximum absolute atomic E-state index is 11.9. The van der Waals surface area contributed by atoms with Crippen LogP contribution in [0.1, 0.15) is 19.4 Å². The third kappa shape index (κ3) is 5.53. The van der Waals surface area contributed by atoms with Gasteiger partial charge in [-0.05, 0) is 19.4 Å². The van der Waals surface area contributed by atoms with Crippen molar-refractivity contribution in [2.45, 2.75) is 38.5 Å². The quantitative estimate of drug-likeness (QED) is 0.614. The van der Waals surface area contributed by atoms with Crippen molar-refractivity contribution in [2.75, 3.05) is 6.61 Å². The molecule has 0 aromatic heterocycles. The molecule has 1 unspecified atom stereocenters. The fraction of sp³-hybridized carbons (Fsp3) is 0.467. The van der Waals surface area contributed by atoms with Crippen LogP contribution in [0.3, 0.4) is 0 Å². The second-order valence-electron chi connectivity index (χ2n) is 4.77.